The highest BCUT2D eigenvalue weighted by Gasteiger charge is 2.30. The van der Waals surface area contributed by atoms with Gasteiger partial charge in [-0.15, -0.1) is 0 Å². The lowest BCUT2D eigenvalue weighted by atomic mass is 10.1. The Morgan fingerprint density at radius 2 is 1.90 bits per heavy atom. The van der Waals surface area contributed by atoms with Gasteiger partial charge in [0.1, 0.15) is 0 Å². The molecule has 0 fully saturated rings. The molecule has 0 saturated heterocycles. The van der Waals surface area contributed by atoms with Gasteiger partial charge in [0.15, 0.2) is 12.4 Å². The van der Waals surface area contributed by atoms with Crippen LogP contribution in [-0.2, 0) is 17.5 Å². The number of carbonyl (C=O) groups is 1. The molecule has 9 nitrogen and oxygen atoms in total. The second-order valence-corrected chi connectivity index (χ2v) is 5.81. The largest absolute Gasteiger partial charge is 0.477 e. The van der Waals surface area contributed by atoms with Crippen molar-refractivity contribution in [3.63, 3.8) is 0 Å². The number of benzene rings is 2. The van der Waals surface area contributed by atoms with E-state index in [1.165, 1.54) is 24.3 Å². The standard InChI is InChI=1S/C18H12F3N3O6/c1-28-17(25)11-4-7-14(13(8-11)24(26)27)29-9-15-22-16(23-30-15)10-2-5-12(6-3-10)18(19,20)21/h2-8H,9H2,1H3. The highest BCUT2D eigenvalue weighted by molar-refractivity contribution is 5.90. The molecule has 1 aromatic heterocycles. The number of rotatable bonds is 6. The molecule has 0 atom stereocenters. The molecule has 3 rings (SSSR count). The minimum Gasteiger partial charge on any atom is -0.477 e. The maximum absolute atomic E-state index is 12.6. The molecule has 12 heteroatoms. The molecule has 2 aromatic carbocycles. The van der Waals surface area contributed by atoms with E-state index in [-0.39, 0.29) is 35.2 Å². The van der Waals surface area contributed by atoms with Crippen LogP contribution >= 0.6 is 0 Å². The first-order valence-corrected chi connectivity index (χ1v) is 8.19. The van der Waals surface area contributed by atoms with E-state index in [2.05, 4.69) is 14.9 Å². The lowest BCUT2D eigenvalue weighted by Gasteiger charge is -2.06. The quantitative estimate of drug-likeness (QED) is 0.331. The van der Waals surface area contributed by atoms with Crippen LogP contribution in [0.15, 0.2) is 47.0 Å². The monoisotopic (exact) mass is 423 g/mol. The second kappa shape index (κ2) is 8.19. The summed E-state index contributed by atoms with van der Waals surface area (Å²) in [5.74, 6) is -0.932. The molecule has 0 saturated carbocycles. The third-order valence-corrected chi connectivity index (χ3v) is 3.87. The van der Waals surface area contributed by atoms with Crippen molar-refractivity contribution in [1.29, 1.82) is 0 Å². The average molecular weight is 423 g/mol. The van der Waals surface area contributed by atoms with Gasteiger partial charge in [-0.05, 0) is 24.3 Å². The fraction of sp³-hybridized carbons (Fsp3) is 0.167. The maximum atomic E-state index is 12.6. The molecule has 0 aliphatic rings. The summed E-state index contributed by atoms with van der Waals surface area (Å²) in [6, 6.07) is 7.65. The van der Waals surface area contributed by atoms with Gasteiger partial charge in [-0.2, -0.15) is 18.2 Å². The van der Waals surface area contributed by atoms with Crippen molar-refractivity contribution < 1.29 is 36.9 Å². The van der Waals surface area contributed by atoms with Gasteiger partial charge in [0.2, 0.25) is 5.82 Å². The third kappa shape index (κ3) is 4.54. The molecule has 0 N–H and O–H groups in total. The van der Waals surface area contributed by atoms with Crippen molar-refractivity contribution >= 4 is 11.7 Å². The number of nitrogens with zero attached hydrogens (tertiary/aromatic N) is 3. The van der Waals surface area contributed by atoms with Gasteiger partial charge in [0.05, 0.1) is 23.2 Å². The Morgan fingerprint density at radius 3 is 2.50 bits per heavy atom. The molecule has 0 amide bonds. The molecule has 0 spiro atoms. The fourth-order valence-corrected chi connectivity index (χ4v) is 2.41. The van der Waals surface area contributed by atoms with Crippen molar-refractivity contribution in [2.45, 2.75) is 12.8 Å². The number of halogens is 3. The van der Waals surface area contributed by atoms with E-state index in [0.717, 1.165) is 25.3 Å². The number of hydrogen-bond acceptors (Lipinski definition) is 8. The number of ether oxygens (including phenoxy) is 2. The maximum Gasteiger partial charge on any atom is 0.416 e. The van der Waals surface area contributed by atoms with E-state index in [9.17, 15) is 28.1 Å². The Kier molecular flexibility index (Phi) is 5.67. The summed E-state index contributed by atoms with van der Waals surface area (Å²) in [6.07, 6.45) is -4.47. The smallest absolute Gasteiger partial charge is 0.416 e. The minimum atomic E-state index is -4.47. The fourth-order valence-electron chi connectivity index (χ4n) is 2.41. The first kappa shape index (κ1) is 20.8. The van der Waals surface area contributed by atoms with Gasteiger partial charge in [0.25, 0.3) is 5.89 Å². The van der Waals surface area contributed by atoms with Crippen molar-refractivity contribution in [2.75, 3.05) is 7.11 Å². The van der Waals surface area contributed by atoms with Gasteiger partial charge < -0.3 is 14.0 Å². The predicted molar refractivity (Wildman–Crippen MR) is 93.5 cm³/mol. The lowest BCUT2D eigenvalue weighted by Crippen LogP contribution is -2.04. The highest BCUT2D eigenvalue weighted by Crippen LogP contribution is 2.31. The van der Waals surface area contributed by atoms with Crippen LogP contribution in [0.1, 0.15) is 21.8 Å². The Morgan fingerprint density at radius 1 is 1.20 bits per heavy atom. The topological polar surface area (TPSA) is 118 Å². The van der Waals surface area contributed by atoms with Crippen LogP contribution in [0.2, 0.25) is 0 Å². The number of carbonyl (C=O) groups excluding carboxylic acids is 1. The summed E-state index contributed by atoms with van der Waals surface area (Å²) in [5.41, 5.74) is -1.04. The number of nitro benzene ring substituents is 1. The van der Waals surface area contributed by atoms with Crippen molar-refractivity contribution in [2.24, 2.45) is 0 Å². The summed E-state index contributed by atoms with van der Waals surface area (Å²) in [7, 11) is 1.14. The second-order valence-electron chi connectivity index (χ2n) is 5.81. The number of aromatic nitrogens is 2. The zero-order chi connectivity index (χ0) is 21.9. The Labute approximate surface area is 166 Å². The summed E-state index contributed by atoms with van der Waals surface area (Å²) in [6.45, 7) is -0.341. The van der Waals surface area contributed by atoms with E-state index >= 15 is 0 Å². The summed E-state index contributed by atoms with van der Waals surface area (Å²) < 4.78 is 52.7. The van der Waals surface area contributed by atoms with Crippen LogP contribution in [0.25, 0.3) is 11.4 Å². The molecule has 30 heavy (non-hydrogen) atoms. The van der Waals surface area contributed by atoms with Crippen LogP contribution in [0.3, 0.4) is 0 Å². The summed E-state index contributed by atoms with van der Waals surface area (Å²) in [4.78, 5) is 26.0. The van der Waals surface area contributed by atoms with Crippen LogP contribution in [0, 0.1) is 10.1 Å². The molecule has 156 valence electrons. The van der Waals surface area contributed by atoms with E-state index in [1.54, 1.807) is 0 Å². The first-order chi connectivity index (χ1) is 14.2. The van der Waals surface area contributed by atoms with Crippen molar-refractivity contribution in [3.8, 4) is 17.1 Å². The normalized spacial score (nSPS) is 11.2. The van der Waals surface area contributed by atoms with Crippen molar-refractivity contribution in [3.05, 3.63) is 69.6 Å². The lowest BCUT2D eigenvalue weighted by molar-refractivity contribution is -0.386. The van der Waals surface area contributed by atoms with Gasteiger partial charge >= 0.3 is 17.8 Å². The minimum absolute atomic E-state index is 0.0258. The predicted octanol–water partition coefficient (Wildman–Crippen LogP) is 4.03. The molecule has 0 unspecified atom stereocenters. The zero-order valence-corrected chi connectivity index (χ0v) is 15.2. The number of methoxy groups -OCH3 is 1. The molecule has 3 aromatic rings. The van der Waals surface area contributed by atoms with Crippen LogP contribution < -0.4 is 4.74 Å². The number of nitro groups is 1. The first-order valence-electron chi connectivity index (χ1n) is 8.19. The molecule has 0 bridgehead atoms. The van der Waals surface area contributed by atoms with Gasteiger partial charge in [-0.3, -0.25) is 10.1 Å². The van der Waals surface area contributed by atoms with E-state index in [0.29, 0.717) is 0 Å². The number of esters is 1. The Hall–Kier alpha value is -3.96. The molecular formula is C18H12F3N3O6. The van der Waals surface area contributed by atoms with Gasteiger partial charge in [-0.1, -0.05) is 17.3 Å². The van der Waals surface area contributed by atoms with Crippen LogP contribution in [0.4, 0.5) is 18.9 Å². The van der Waals surface area contributed by atoms with Crippen LogP contribution in [0.5, 0.6) is 5.75 Å². The zero-order valence-electron chi connectivity index (χ0n) is 15.2. The number of hydrogen-bond donors (Lipinski definition) is 0. The molecular weight excluding hydrogens is 411 g/mol. The highest BCUT2D eigenvalue weighted by atomic mass is 19.4. The van der Waals surface area contributed by atoms with Gasteiger partial charge in [0, 0.05) is 11.6 Å². The molecule has 0 aliphatic carbocycles. The van der Waals surface area contributed by atoms with E-state index in [1.807, 2.05) is 0 Å². The molecule has 1 heterocycles. The Balaban J connectivity index is 1.74. The third-order valence-electron chi connectivity index (χ3n) is 3.87. The van der Waals surface area contributed by atoms with Gasteiger partial charge in [-0.25, -0.2) is 4.79 Å². The number of alkyl halides is 3. The average Bonchev–Trinajstić information content (AvgIpc) is 3.20. The SMILES string of the molecule is COC(=O)c1ccc(OCc2nc(-c3ccc(C(F)(F)F)cc3)no2)c([N+](=O)[O-])c1. The van der Waals surface area contributed by atoms with E-state index < -0.39 is 28.3 Å². The summed E-state index contributed by atoms with van der Waals surface area (Å²) >= 11 is 0. The Bertz CT molecular complexity index is 1080. The van der Waals surface area contributed by atoms with Crippen LogP contribution in [-0.4, -0.2) is 28.1 Å². The molecule has 0 aliphatic heterocycles. The van der Waals surface area contributed by atoms with Crippen molar-refractivity contribution in [1.82, 2.24) is 10.1 Å². The van der Waals surface area contributed by atoms with E-state index in [4.69, 9.17) is 9.26 Å². The molecule has 0 radical (unpaired) electrons. The summed E-state index contributed by atoms with van der Waals surface area (Å²) in [5, 5.41) is 14.9.